The predicted octanol–water partition coefficient (Wildman–Crippen LogP) is 3.15. The van der Waals surface area contributed by atoms with Crippen molar-refractivity contribution < 1.29 is 31.2 Å². The molecule has 0 fully saturated rings. The highest BCUT2D eigenvalue weighted by Crippen LogP contribution is 2.33. The number of benzene rings is 1. The Morgan fingerprint density at radius 2 is 1.65 bits per heavy atom. The third kappa shape index (κ3) is 4.02. The summed E-state index contributed by atoms with van der Waals surface area (Å²) in [6.07, 6.45) is -9.71. The molecule has 0 radical (unpaired) electrons. The second-order valence-corrected chi connectivity index (χ2v) is 2.95. The summed E-state index contributed by atoms with van der Waals surface area (Å²) in [5.41, 5.74) is 4.44. The van der Waals surface area contributed by atoms with Crippen molar-refractivity contribution in [1.29, 1.82) is 0 Å². The number of rotatable bonds is 2. The molecule has 0 bridgehead atoms. The van der Waals surface area contributed by atoms with E-state index in [9.17, 15) is 26.3 Å². The second-order valence-electron chi connectivity index (χ2n) is 2.95. The molecule has 0 atom stereocenters. The summed E-state index contributed by atoms with van der Waals surface area (Å²) in [4.78, 5) is 3.17. The number of hydrogen-bond acceptors (Lipinski definition) is 3. The summed E-state index contributed by atoms with van der Waals surface area (Å²) < 4.78 is 71.7. The number of nitrogens with two attached hydrogens (primary N) is 1. The molecule has 0 saturated heterocycles. The first-order chi connectivity index (χ1) is 7.59. The molecular formula is C8H6F6N2O. The van der Waals surface area contributed by atoms with E-state index in [4.69, 9.17) is 5.73 Å². The maximum Gasteiger partial charge on any atom is 0.543 e. The summed E-state index contributed by atoms with van der Waals surface area (Å²) in [5.74, 6) is 0. The van der Waals surface area contributed by atoms with E-state index in [-0.39, 0.29) is 5.69 Å². The van der Waals surface area contributed by atoms with Crippen LogP contribution in [0.3, 0.4) is 0 Å². The molecule has 0 aromatic heterocycles. The van der Waals surface area contributed by atoms with Gasteiger partial charge >= 0.3 is 12.5 Å². The van der Waals surface area contributed by atoms with E-state index in [2.05, 4.69) is 4.84 Å². The van der Waals surface area contributed by atoms with Gasteiger partial charge in [0.1, 0.15) is 0 Å². The molecule has 0 aliphatic heterocycles. The Balaban J connectivity index is 2.92. The fourth-order valence-electron chi connectivity index (χ4n) is 0.934. The molecule has 1 rings (SSSR count). The van der Waals surface area contributed by atoms with E-state index >= 15 is 0 Å². The van der Waals surface area contributed by atoms with Gasteiger partial charge in [-0.1, -0.05) is 0 Å². The van der Waals surface area contributed by atoms with E-state index < -0.39 is 23.8 Å². The molecule has 0 aliphatic rings. The standard InChI is InChI=1S/C8H6F6N2O/c9-7(10,11)4-1-2-5(15)6(3-4)16-17-8(12,13)14/h1-3,16H,15H2. The normalized spacial score (nSPS) is 12.6. The van der Waals surface area contributed by atoms with Gasteiger partial charge in [-0.3, -0.25) is 5.48 Å². The van der Waals surface area contributed by atoms with Gasteiger partial charge in [-0.2, -0.15) is 18.0 Å². The van der Waals surface area contributed by atoms with Gasteiger partial charge in [0, 0.05) is 0 Å². The van der Waals surface area contributed by atoms with Crippen molar-refractivity contribution in [3.8, 4) is 0 Å². The van der Waals surface area contributed by atoms with E-state index in [0.717, 1.165) is 6.07 Å². The van der Waals surface area contributed by atoms with Crippen LogP contribution in [0.4, 0.5) is 37.7 Å². The van der Waals surface area contributed by atoms with Gasteiger partial charge in [0.25, 0.3) is 0 Å². The van der Waals surface area contributed by atoms with Gasteiger partial charge in [0.2, 0.25) is 0 Å². The van der Waals surface area contributed by atoms with Crippen molar-refractivity contribution in [3.05, 3.63) is 23.8 Å². The van der Waals surface area contributed by atoms with Gasteiger partial charge in [-0.15, -0.1) is 13.2 Å². The molecule has 0 unspecified atom stereocenters. The molecular weight excluding hydrogens is 254 g/mol. The van der Waals surface area contributed by atoms with Crippen molar-refractivity contribution >= 4 is 11.4 Å². The molecule has 17 heavy (non-hydrogen) atoms. The SMILES string of the molecule is Nc1ccc(C(F)(F)F)cc1NOC(F)(F)F. The monoisotopic (exact) mass is 260 g/mol. The fraction of sp³-hybridized carbons (Fsp3) is 0.250. The zero-order valence-electron chi connectivity index (χ0n) is 7.99. The van der Waals surface area contributed by atoms with E-state index in [1.54, 1.807) is 0 Å². The minimum absolute atomic E-state index is 0.303. The van der Waals surface area contributed by atoms with Crippen molar-refractivity contribution in [2.75, 3.05) is 11.2 Å². The first-order valence-electron chi connectivity index (χ1n) is 4.07. The Bertz CT molecular complexity index is 400. The summed E-state index contributed by atoms with van der Waals surface area (Å²) in [6.45, 7) is 0. The quantitative estimate of drug-likeness (QED) is 0.488. The van der Waals surface area contributed by atoms with Crippen molar-refractivity contribution in [1.82, 2.24) is 0 Å². The minimum atomic E-state index is -5.03. The predicted molar refractivity (Wildman–Crippen MR) is 46.6 cm³/mol. The minimum Gasteiger partial charge on any atom is -0.397 e. The lowest BCUT2D eigenvalue weighted by molar-refractivity contribution is -0.311. The highest BCUT2D eigenvalue weighted by Gasteiger charge is 2.33. The number of alkyl halides is 6. The maximum absolute atomic E-state index is 12.2. The van der Waals surface area contributed by atoms with Crippen LogP contribution in [-0.4, -0.2) is 6.36 Å². The Morgan fingerprint density at radius 1 is 1.06 bits per heavy atom. The molecule has 3 nitrogen and oxygen atoms in total. The van der Waals surface area contributed by atoms with Gasteiger partial charge in [-0.25, -0.2) is 0 Å². The Hall–Kier alpha value is -1.64. The smallest absolute Gasteiger partial charge is 0.397 e. The van der Waals surface area contributed by atoms with Crippen molar-refractivity contribution in [2.45, 2.75) is 12.5 Å². The van der Waals surface area contributed by atoms with Crippen molar-refractivity contribution in [3.63, 3.8) is 0 Å². The van der Waals surface area contributed by atoms with E-state index in [0.29, 0.717) is 12.1 Å². The first kappa shape index (κ1) is 13.4. The van der Waals surface area contributed by atoms with Crippen LogP contribution in [0.15, 0.2) is 18.2 Å². The molecule has 0 saturated carbocycles. The number of nitrogens with one attached hydrogen (secondary N) is 1. The zero-order chi connectivity index (χ0) is 13.3. The van der Waals surface area contributed by atoms with Crippen LogP contribution in [0.2, 0.25) is 0 Å². The average Bonchev–Trinajstić information content (AvgIpc) is 2.13. The van der Waals surface area contributed by atoms with Gasteiger partial charge in [0.15, 0.2) is 0 Å². The van der Waals surface area contributed by atoms with Crippen LogP contribution in [0, 0.1) is 0 Å². The summed E-state index contributed by atoms with van der Waals surface area (Å²) in [7, 11) is 0. The third-order valence-electron chi connectivity index (χ3n) is 1.66. The number of nitrogen functional groups attached to an aromatic ring is 1. The lowest BCUT2D eigenvalue weighted by Crippen LogP contribution is -2.19. The number of anilines is 2. The highest BCUT2D eigenvalue weighted by molar-refractivity contribution is 5.66. The molecule has 1 aromatic carbocycles. The molecule has 3 N–H and O–H groups in total. The van der Waals surface area contributed by atoms with Crippen LogP contribution < -0.4 is 11.2 Å². The number of hydrogen-bond donors (Lipinski definition) is 2. The van der Waals surface area contributed by atoms with Gasteiger partial charge in [-0.05, 0) is 18.2 Å². The summed E-state index contributed by atoms with van der Waals surface area (Å²) in [5, 5.41) is 0. The Kier molecular flexibility index (Phi) is 3.41. The lowest BCUT2D eigenvalue weighted by Gasteiger charge is -2.13. The lowest BCUT2D eigenvalue weighted by atomic mass is 10.1. The summed E-state index contributed by atoms with van der Waals surface area (Å²) >= 11 is 0. The van der Waals surface area contributed by atoms with E-state index in [1.807, 2.05) is 0 Å². The van der Waals surface area contributed by atoms with Crippen LogP contribution in [0.25, 0.3) is 0 Å². The van der Waals surface area contributed by atoms with Crippen LogP contribution in [0.5, 0.6) is 0 Å². The molecule has 0 spiro atoms. The average molecular weight is 260 g/mol. The first-order valence-corrected chi connectivity index (χ1v) is 4.07. The molecule has 9 heteroatoms. The van der Waals surface area contributed by atoms with Gasteiger partial charge < -0.3 is 5.73 Å². The Labute approximate surface area is 91.1 Å². The van der Waals surface area contributed by atoms with Crippen LogP contribution >= 0.6 is 0 Å². The van der Waals surface area contributed by atoms with Crippen LogP contribution in [0.1, 0.15) is 5.56 Å². The fourth-order valence-corrected chi connectivity index (χ4v) is 0.934. The number of halogens is 6. The molecule has 1 aromatic rings. The molecule has 0 amide bonds. The van der Waals surface area contributed by atoms with Gasteiger partial charge in [0.05, 0.1) is 16.9 Å². The maximum atomic E-state index is 12.2. The molecule has 0 aliphatic carbocycles. The molecule has 0 heterocycles. The van der Waals surface area contributed by atoms with Crippen LogP contribution in [-0.2, 0) is 11.0 Å². The van der Waals surface area contributed by atoms with E-state index in [1.165, 1.54) is 5.48 Å². The largest absolute Gasteiger partial charge is 0.543 e. The summed E-state index contributed by atoms with van der Waals surface area (Å²) in [6, 6.07) is 1.89. The Morgan fingerprint density at radius 3 is 2.12 bits per heavy atom. The van der Waals surface area contributed by atoms with Crippen molar-refractivity contribution in [2.24, 2.45) is 0 Å². The highest BCUT2D eigenvalue weighted by atomic mass is 19.4. The third-order valence-corrected chi connectivity index (χ3v) is 1.66. The molecule has 96 valence electrons. The topological polar surface area (TPSA) is 47.3 Å². The second kappa shape index (κ2) is 4.32. The zero-order valence-corrected chi connectivity index (χ0v) is 7.99.